The van der Waals surface area contributed by atoms with Gasteiger partial charge in [0, 0.05) is 11.0 Å². The van der Waals surface area contributed by atoms with Gasteiger partial charge >= 0.3 is 0 Å². The Morgan fingerprint density at radius 3 is 2.10 bits per heavy atom. The molecule has 0 saturated carbocycles. The molecule has 0 aliphatic carbocycles. The minimum atomic E-state index is -0.601. The van der Waals surface area contributed by atoms with E-state index in [1.54, 1.807) is 0 Å². The molecule has 1 nitrogen and oxygen atoms in total. The van der Waals surface area contributed by atoms with Crippen molar-refractivity contribution in [2.45, 2.75) is 26.3 Å². The number of rotatable bonds is 4. The van der Waals surface area contributed by atoms with Crippen LogP contribution in [0, 0.1) is 11.6 Å². The number of halogens is 3. The molecule has 0 heterocycles. The lowest BCUT2D eigenvalue weighted by atomic mass is 10.0. The Morgan fingerprint density at radius 2 is 1.60 bits per heavy atom. The summed E-state index contributed by atoms with van der Waals surface area (Å²) < 4.78 is 27.7. The van der Waals surface area contributed by atoms with Gasteiger partial charge < -0.3 is 5.32 Å². The van der Waals surface area contributed by atoms with Crippen molar-refractivity contribution in [2.75, 3.05) is 5.32 Å². The highest BCUT2D eigenvalue weighted by Crippen LogP contribution is 2.24. The number of benzene rings is 2. The molecule has 0 aliphatic heterocycles. The minimum Gasteiger partial charge on any atom is -0.376 e. The number of hydrogen-bond acceptors (Lipinski definition) is 1. The van der Waals surface area contributed by atoms with E-state index < -0.39 is 11.6 Å². The van der Waals surface area contributed by atoms with Crippen molar-refractivity contribution < 1.29 is 8.78 Å². The van der Waals surface area contributed by atoms with Crippen molar-refractivity contribution >= 4 is 21.6 Å². The average molecular weight is 340 g/mol. The Bertz CT molecular complexity index is 571. The van der Waals surface area contributed by atoms with Crippen LogP contribution in [0.2, 0.25) is 0 Å². The highest BCUT2D eigenvalue weighted by Gasteiger charge is 2.10. The first kappa shape index (κ1) is 15.0. The van der Waals surface area contributed by atoms with E-state index >= 15 is 0 Å². The summed E-state index contributed by atoms with van der Waals surface area (Å²) in [6, 6.07) is 10.5. The van der Waals surface area contributed by atoms with Crippen LogP contribution in [-0.2, 0) is 6.54 Å². The van der Waals surface area contributed by atoms with E-state index in [2.05, 4.69) is 35.1 Å². The van der Waals surface area contributed by atoms with E-state index in [1.807, 2.05) is 24.3 Å². The monoisotopic (exact) mass is 339 g/mol. The molecule has 0 unspecified atom stereocenters. The van der Waals surface area contributed by atoms with Crippen LogP contribution in [0.3, 0.4) is 0 Å². The SMILES string of the molecule is CC(C)c1ccc(CNc2c(F)cc(Br)cc2F)cc1. The van der Waals surface area contributed by atoms with Gasteiger partial charge in [-0.3, -0.25) is 0 Å². The van der Waals surface area contributed by atoms with Gasteiger partial charge in [0.1, 0.15) is 17.3 Å². The first-order chi connectivity index (χ1) is 9.47. The second-order valence-electron chi connectivity index (χ2n) is 4.99. The van der Waals surface area contributed by atoms with E-state index in [1.165, 1.54) is 17.7 Å². The van der Waals surface area contributed by atoms with Gasteiger partial charge in [-0.05, 0) is 29.2 Å². The standard InChI is InChI=1S/C16H16BrF2N/c1-10(2)12-5-3-11(4-6-12)9-20-16-14(18)7-13(17)8-15(16)19/h3-8,10,20H,9H2,1-2H3. The van der Waals surface area contributed by atoms with E-state index in [0.717, 1.165) is 5.56 Å². The van der Waals surface area contributed by atoms with E-state index in [-0.39, 0.29) is 5.69 Å². The summed E-state index contributed by atoms with van der Waals surface area (Å²) in [5.41, 5.74) is 2.13. The van der Waals surface area contributed by atoms with Crippen LogP contribution in [0.15, 0.2) is 40.9 Å². The molecular weight excluding hydrogens is 324 g/mol. The molecule has 1 N–H and O–H groups in total. The molecule has 0 aromatic heterocycles. The quantitative estimate of drug-likeness (QED) is 0.779. The number of hydrogen-bond donors (Lipinski definition) is 1. The smallest absolute Gasteiger partial charge is 0.150 e. The molecule has 0 fully saturated rings. The second kappa shape index (κ2) is 6.35. The van der Waals surface area contributed by atoms with Crippen molar-refractivity contribution in [3.63, 3.8) is 0 Å². The van der Waals surface area contributed by atoms with Crippen molar-refractivity contribution in [3.05, 3.63) is 63.6 Å². The molecule has 0 saturated heterocycles. The Hall–Kier alpha value is -1.42. The molecule has 0 aliphatic rings. The van der Waals surface area contributed by atoms with Gasteiger partial charge in [0.2, 0.25) is 0 Å². The summed E-state index contributed by atoms with van der Waals surface area (Å²) in [6.45, 7) is 4.63. The van der Waals surface area contributed by atoms with Gasteiger partial charge in [-0.2, -0.15) is 0 Å². The summed E-state index contributed by atoms with van der Waals surface area (Å²) in [4.78, 5) is 0. The zero-order valence-electron chi connectivity index (χ0n) is 11.4. The lowest BCUT2D eigenvalue weighted by Gasteiger charge is -2.11. The number of anilines is 1. The Labute approximate surface area is 126 Å². The zero-order valence-corrected chi connectivity index (χ0v) is 13.0. The summed E-state index contributed by atoms with van der Waals surface area (Å²) in [6.07, 6.45) is 0. The van der Waals surface area contributed by atoms with Crippen molar-refractivity contribution in [1.29, 1.82) is 0 Å². The highest BCUT2D eigenvalue weighted by molar-refractivity contribution is 9.10. The fourth-order valence-corrected chi connectivity index (χ4v) is 2.32. The van der Waals surface area contributed by atoms with Crippen molar-refractivity contribution in [3.8, 4) is 0 Å². The third kappa shape index (κ3) is 3.57. The molecular formula is C16H16BrF2N. The topological polar surface area (TPSA) is 12.0 Å². The van der Waals surface area contributed by atoms with Gasteiger partial charge in [-0.1, -0.05) is 54.0 Å². The fraction of sp³-hybridized carbons (Fsp3) is 0.250. The highest BCUT2D eigenvalue weighted by atomic mass is 79.9. The lowest BCUT2D eigenvalue weighted by molar-refractivity contribution is 0.586. The molecule has 2 aromatic carbocycles. The van der Waals surface area contributed by atoms with Gasteiger partial charge in [0.25, 0.3) is 0 Å². The van der Waals surface area contributed by atoms with Gasteiger partial charge in [-0.15, -0.1) is 0 Å². The first-order valence-corrected chi connectivity index (χ1v) is 7.24. The maximum atomic E-state index is 13.7. The number of nitrogens with one attached hydrogen (secondary N) is 1. The van der Waals surface area contributed by atoms with Crippen LogP contribution in [0.5, 0.6) is 0 Å². The summed E-state index contributed by atoms with van der Waals surface area (Å²) in [5.74, 6) is -0.732. The predicted molar refractivity (Wildman–Crippen MR) is 81.9 cm³/mol. The largest absolute Gasteiger partial charge is 0.376 e. The molecule has 0 radical (unpaired) electrons. The van der Waals surface area contributed by atoms with Crippen molar-refractivity contribution in [1.82, 2.24) is 0 Å². The van der Waals surface area contributed by atoms with Crippen LogP contribution in [0.1, 0.15) is 30.9 Å². The third-order valence-electron chi connectivity index (χ3n) is 3.12. The van der Waals surface area contributed by atoms with E-state index in [0.29, 0.717) is 16.9 Å². The summed E-state index contributed by atoms with van der Waals surface area (Å²) in [5, 5.41) is 2.80. The molecule has 20 heavy (non-hydrogen) atoms. The van der Waals surface area contributed by atoms with Gasteiger partial charge in [0.05, 0.1) is 0 Å². The molecule has 0 bridgehead atoms. The van der Waals surface area contributed by atoms with E-state index in [4.69, 9.17) is 0 Å². The first-order valence-electron chi connectivity index (χ1n) is 6.44. The fourth-order valence-electron chi connectivity index (χ4n) is 1.92. The van der Waals surface area contributed by atoms with Gasteiger partial charge in [-0.25, -0.2) is 8.78 Å². The molecule has 4 heteroatoms. The third-order valence-corrected chi connectivity index (χ3v) is 3.58. The van der Waals surface area contributed by atoms with Crippen LogP contribution in [0.25, 0.3) is 0 Å². The lowest BCUT2D eigenvalue weighted by Crippen LogP contribution is -2.04. The molecule has 2 aromatic rings. The minimum absolute atomic E-state index is 0.0962. The molecule has 106 valence electrons. The Kier molecular flexibility index (Phi) is 4.76. The molecule has 0 atom stereocenters. The maximum absolute atomic E-state index is 13.7. The molecule has 0 spiro atoms. The van der Waals surface area contributed by atoms with Gasteiger partial charge in [0.15, 0.2) is 0 Å². The maximum Gasteiger partial charge on any atom is 0.150 e. The average Bonchev–Trinajstić information content (AvgIpc) is 2.38. The normalized spacial score (nSPS) is 10.9. The molecule has 2 rings (SSSR count). The van der Waals surface area contributed by atoms with Crippen LogP contribution in [0.4, 0.5) is 14.5 Å². The summed E-state index contributed by atoms with van der Waals surface area (Å²) >= 11 is 3.06. The van der Waals surface area contributed by atoms with E-state index in [9.17, 15) is 8.78 Å². The second-order valence-corrected chi connectivity index (χ2v) is 5.91. The van der Waals surface area contributed by atoms with Crippen LogP contribution < -0.4 is 5.32 Å². The zero-order chi connectivity index (χ0) is 14.7. The predicted octanol–water partition coefficient (Wildman–Crippen LogP) is 5.46. The van der Waals surface area contributed by atoms with Crippen LogP contribution >= 0.6 is 15.9 Å². The summed E-state index contributed by atoms with van der Waals surface area (Å²) in [7, 11) is 0. The Balaban J connectivity index is 2.09. The van der Waals surface area contributed by atoms with Crippen molar-refractivity contribution in [2.24, 2.45) is 0 Å². The Morgan fingerprint density at radius 1 is 1.05 bits per heavy atom. The van der Waals surface area contributed by atoms with Crippen LogP contribution in [-0.4, -0.2) is 0 Å². The molecule has 0 amide bonds.